The fraction of sp³-hybridized carbons (Fsp3) is 0.400. The van der Waals surface area contributed by atoms with Crippen LogP contribution in [0.25, 0.3) is 5.69 Å². The smallest absolute Gasteiger partial charge is 0.208 e. The van der Waals surface area contributed by atoms with Crippen LogP contribution in [-0.4, -0.2) is 35.4 Å². The summed E-state index contributed by atoms with van der Waals surface area (Å²) in [5, 5.41) is 20.1. The van der Waals surface area contributed by atoms with Gasteiger partial charge in [-0.25, -0.2) is 4.98 Å². The van der Waals surface area contributed by atoms with Gasteiger partial charge in [-0.05, 0) is 35.4 Å². The molecule has 0 unspecified atom stereocenters. The van der Waals surface area contributed by atoms with Crippen LogP contribution < -0.4 is 0 Å². The number of nitrogens with one attached hydrogen (secondary N) is 1. The normalized spacial score (nSPS) is 15.3. The summed E-state index contributed by atoms with van der Waals surface area (Å²) in [7, 11) is 0. The van der Waals surface area contributed by atoms with Crippen LogP contribution in [0.15, 0.2) is 35.5 Å². The molecular weight excluding hydrogens is 310 g/mol. The van der Waals surface area contributed by atoms with Crippen molar-refractivity contribution in [3.05, 3.63) is 42.0 Å². The lowest BCUT2D eigenvalue weighted by molar-refractivity contribution is 0.671. The first-order chi connectivity index (χ1) is 11.4. The molecule has 0 spiro atoms. The first kappa shape index (κ1) is 14.4. The first-order valence-corrected chi connectivity index (χ1v) is 8.76. The van der Waals surface area contributed by atoms with E-state index in [1.807, 2.05) is 30.3 Å². The van der Waals surface area contributed by atoms with Gasteiger partial charge in [-0.3, -0.25) is 5.10 Å². The third-order valence-corrected chi connectivity index (χ3v) is 4.93. The first-order valence-electron chi connectivity index (χ1n) is 7.78. The van der Waals surface area contributed by atoms with Crippen molar-refractivity contribution in [3.63, 3.8) is 0 Å². The van der Waals surface area contributed by atoms with E-state index in [2.05, 4.69) is 30.7 Å². The summed E-state index contributed by atoms with van der Waals surface area (Å²) in [6.07, 6.45) is 5.01. The molecule has 0 bridgehead atoms. The van der Waals surface area contributed by atoms with Gasteiger partial charge >= 0.3 is 0 Å². The molecule has 1 aromatic carbocycles. The van der Waals surface area contributed by atoms with Crippen LogP contribution in [0, 0.1) is 0 Å². The minimum atomic E-state index is 0.548. The molecule has 1 fully saturated rings. The Kier molecular flexibility index (Phi) is 4.06. The molecule has 1 aliphatic carbocycles. The molecule has 8 heteroatoms. The lowest BCUT2D eigenvalue weighted by atomic mass is 10.1. The number of aromatic amines is 1. The number of nitrogens with zero attached hydrogens (tertiary/aromatic N) is 6. The molecule has 0 atom stereocenters. The van der Waals surface area contributed by atoms with Gasteiger partial charge in [0, 0.05) is 5.92 Å². The van der Waals surface area contributed by atoms with Crippen molar-refractivity contribution >= 4 is 11.8 Å². The molecule has 0 amide bonds. The van der Waals surface area contributed by atoms with Crippen LogP contribution in [0.3, 0.4) is 0 Å². The number of tetrazole rings is 1. The standard InChI is InChI=1S/C15H17N7S/c1-2-8-12(9-3-1)22-13(17-20-21-22)10-23-15-16-14(18-19-15)11-6-4-5-7-11/h1-3,8-9,11H,4-7,10H2,(H,16,18,19). The second-order valence-corrected chi connectivity index (χ2v) is 6.56. The van der Waals surface area contributed by atoms with Crippen molar-refractivity contribution in [2.24, 2.45) is 0 Å². The van der Waals surface area contributed by atoms with Crippen molar-refractivity contribution in [2.45, 2.75) is 42.5 Å². The van der Waals surface area contributed by atoms with E-state index in [1.54, 1.807) is 16.4 Å². The predicted octanol–water partition coefficient (Wildman–Crippen LogP) is 2.73. The third kappa shape index (κ3) is 3.12. The molecule has 2 heterocycles. The number of hydrogen-bond acceptors (Lipinski definition) is 6. The fourth-order valence-electron chi connectivity index (χ4n) is 2.90. The lowest BCUT2D eigenvalue weighted by Gasteiger charge is -2.03. The van der Waals surface area contributed by atoms with E-state index in [-0.39, 0.29) is 0 Å². The Morgan fingerprint density at radius 2 is 2.00 bits per heavy atom. The van der Waals surface area contributed by atoms with E-state index in [9.17, 15) is 0 Å². The Hall–Kier alpha value is -2.22. The molecule has 2 aromatic heterocycles. The topological polar surface area (TPSA) is 85.2 Å². The highest BCUT2D eigenvalue weighted by atomic mass is 32.2. The van der Waals surface area contributed by atoms with Gasteiger partial charge in [-0.15, -0.1) is 10.2 Å². The largest absolute Gasteiger partial charge is 0.262 e. The minimum Gasteiger partial charge on any atom is -0.262 e. The summed E-state index contributed by atoms with van der Waals surface area (Å²) in [6, 6.07) is 9.87. The quantitative estimate of drug-likeness (QED) is 0.725. The van der Waals surface area contributed by atoms with E-state index in [1.165, 1.54) is 25.7 Å². The predicted molar refractivity (Wildman–Crippen MR) is 86.3 cm³/mol. The Morgan fingerprint density at radius 3 is 2.83 bits per heavy atom. The highest BCUT2D eigenvalue weighted by Gasteiger charge is 2.21. The lowest BCUT2D eigenvalue weighted by Crippen LogP contribution is -2.01. The van der Waals surface area contributed by atoms with Crippen molar-refractivity contribution in [3.8, 4) is 5.69 Å². The highest BCUT2D eigenvalue weighted by molar-refractivity contribution is 7.98. The molecule has 7 nitrogen and oxygen atoms in total. The van der Waals surface area contributed by atoms with Gasteiger partial charge in [0.1, 0.15) is 5.82 Å². The summed E-state index contributed by atoms with van der Waals surface area (Å²) in [4.78, 5) is 4.61. The van der Waals surface area contributed by atoms with Crippen LogP contribution in [0.2, 0.25) is 0 Å². The van der Waals surface area contributed by atoms with Gasteiger partial charge < -0.3 is 0 Å². The number of rotatable bonds is 5. The Bertz CT molecular complexity index is 761. The second kappa shape index (κ2) is 6.49. The Morgan fingerprint density at radius 1 is 1.17 bits per heavy atom. The minimum absolute atomic E-state index is 0.548. The van der Waals surface area contributed by atoms with Gasteiger partial charge in [0.2, 0.25) is 5.16 Å². The van der Waals surface area contributed by atoms with Gasteiger partial charge in [0.05, 0.1) is 11.4 Å². The third-order valence-electron chi connectivity index (χ3n) is 4.09. The van der Waals surface area contributed by atoms with Crippen LogP contribution in [0.5, 0.6) is 0 Å². The van der Waals surface area contributed by atoms with Crippen molar-refractivity contribution in [1.82, 2.24) is 35.4 Å². The Labute approximate surface area is 137 Å². The molecule has 0 aliphatic heterocycles. The Balaban J connectivity index is 1.45. The summed E-state index contributed by atoms with van der Waals surface area (Å²) < 4.78 is 1.75. The maximum atomic E-state index is 4.61. The zero-order valence-electron chi connectivity index (χ0n) is 12.6. The number of para-hydroxylation sites is 1. The molecule has 1 saturated carbocycles. The van der Waals surface area contributed by atoms with Gasteiger partial charge in [-0.2, -0.15) is 4.68 Å². The van der Waals surface area contributed by atoms with Crippen LogP contribution in [-0.2, 0) is 5.75 Å². The number of aromatic nitrogens is 7. The summed E-state index contributed by atoms with van der Waals surface area (Å²) >= 11 is 1.55. The average Bonchev–Trinajstić information content (AvgIpc) is 3.33. The molecule has 23 heavy (non-hydrogen) atoms. The highest BCUT2D eigenvalue weighted by Crippen LogP contribution is 2.32. The summed E-state index contributed by atoms with van der Waals surface area (Å²) in [5.74, 6) is 2.98. The van der Waals surface area contributed by atoms with Crippen molar-refractivity contribution in [1.29, 1.82) is 0 Å². The van der Waals surface area contributed by atoms with E-state index >= 15 is 0 Å². The number of benzene rings is 1. The van der Waals surface area contributed by atoms with Gasteiger partial charge in [-0.1, -0.05) is 42.8 Å². The monoisotopic (exact) mass is 327 g/mol. The zero-order valence-corrected chi connectivity index (χ0v) is 13.4. The molecule has 118 valence electrons. The summed E-state index contributed by atoms with van der Waals surface area (Å²) in [5.41, 5.74) is 0.953. The van der Waals surface area contributed by atoms with Gasteiger partial charge in [0.25, 0.3) is 0 Å². The van der Waals surface area contributed by atoms with E-state index < -0.39 is 0 Å². The molecule has 1 aliphatic rings. The second-order valence-electron chi connectivity index (χ2n) is 5.62. The molecule has 0 saturated heterocycles. The van der Waals surface area contributed by atoms with Crippen LogP contribution >= 0.6 is 11.8 Å². The number of hydrogen-bond donors (Lipinski definition) is 1. The van der Waals surface area contributed by atoms with E-state index in [4.69, 9.17) is 0 Å². The van der Waals surface area contributed by atoms with Crippen LogP contribution in [0.4, 0.5) is 0 Å². The van der Waals surface area contributed by atoms with Crippen LogP contribution in [0.1, 0.15) is 43.3 Å². The van der Waals surface area contributed by atoms with E-state index in [0.29, 0.717) is 11.7 Å². The SMILES string of the molecule is c1ccc(-n2nnnc2CSc2n[nH]c(C3CCCC3)n2)cc1. The van der Waals surface area contributed by atoms with Crippen molar-refractivity contribution < 1.29 is 0 Å². The average molecular weight is 327 g/mol. The fourth-order valence-corrected chi connectivity index (χ4v) is 3.61. The molecular formula is C15H17N7S. The number of H-pyrrole nitrogens is 1. The maximum Gasteiger partial charge on any atom is 0.208 e. The molecule has 0 radical (unpaired) electrons. The van der Waals surface area contributed by atoms with Gasteiger partial charge in [0.15, 0.2) is 5.82 Å². The zero-order chi connectivity index (χ0) is 15.5. The maximum absolute atomic E-state index is 4.61. The van der Waals surface area contributed by atoms with Crippen molar-refractivity contribution in [2.75, 3.05) is 0 Å². The molecule has 1 N–H and O–H groups in total. The van der Waals surface area contributed by atoms with E-state index in [0.717, 1.165) is 22.5 Å². The summed E-state index contributed by atoms with van der Waals surface area (Å²) in [6.45, 7) is 0. The molecule has 3 aromatic rings. The molecule has 4 rings (SSSR count). The number of thioether (sulfide) groups is 1.